The molecule has 20 heavy (non-hydrogen) atoms. The molecule has 1 aromatic rings. The lowest BCUT2D eigenvalue weighted by atomic mass is 10.1. The van der Waals surface area contributed by atoms with Gasteiger partial charge in [0, 0.05) is 16.8 Å². The Morgan fingerprint density at radius 2 is 1.65 bits per heavy atom. The smallest absolute Gasteiger partial charge is 0.251 e. The van der Waals surface area contributed by atoms with Crippen LogP contribution in [0.4, 0.5) is 5.69 Å². The van der Waals surface area contributed by atoms with Gasteiger partial charge in [-0.25, -0.2) is 0 Å². The van der Waals surface area contributed by atoms with E-state index in [1.807, 2.05) is 20.8 Å². The summed E-state index contributed by atoms with van der Waals surface area (Å²) in [6.07, 6.45) is 0. The van der Waals surface area contributed by atoms with Crippen LogP contribution in [0.15, 0.2) is 24.3 Å². The molecule has 0 spiro atoms. The predicted molar refractivity (Wildman–Crippen MR) is 83.2 cm³/mol. The van der Waals surface area contributed by atoms with E-state index in [2.05, 4.69) is 10.6 Å². The first kappa shape index (κ1) is 18.4. The van der Waals surface area contributed by atoms with Crippen LogP contribution in [0.2, 0.25) is 0 Å². The minimum atomic E-state index is -0.566. The average Bonchev–Trinajstić information content (AvgIpc) is 2.27. The summed E-state index contributed by atoms with van der Waals surface area (Å²) in [5, 5.41) is 5.53. The Morgan fingerprint density at radius 1 is 1.15 bits per heavy atom. The third-order valence-corrected chi connectivity index (χ3v) is 2.32. The molecule has 0 bridgehead atoms. The van der Waals surface area contributed by atoms with Gasteiger partial charge in [-0.2, -0.15) is 0 Å². The highest BCUT2D eigenvalue weighted by molar-refractivity contribution is 5.97. The highest BCUT2D eigenvalue weighted by Gasteiger charge is 2.15. The lowest BCUT2D eigenvalue weighted by molar-refractivity contribution is -0.117. The van der Waals surface area contributed by atoms with Gasteiger partial charge in [-0.15, -0.1) is 12.4 Å². The quantitative estimate of drug-likeness (QED) is 0.797. The minimum absolute atomic E-state index is 0. The molecule has 0 saturated carbocycles. The van der Waals surface area contributed by atoms with Gasteiger partial charge in [-0.1, -0.05) is 0 Å². The largest absolute Gasteiger partial charge is 0.347 e. The van der Waals surface area contributed by atoms with Crippen molar-refractivity contribution in [3.8, 4) is 0 Å². The number of halogens is 1. The summed E-state index contributed by atoms with van der Waals surface area (Å²) in [4.78, 5) is 23.3. The number of benzene rings is 1. The molecule has 0 aliphatic carbocycles. The molecule has 0 aliphatic heterocycles. The van der Waals surface area contributed by atoms with Gasteiger partial charge in [0.25, 0.3) is 5.91 Å². The van der Waals surface area contributed by atoms with Crippen LogP contribution in [-0.4, -0.2) is 23.4 Å². The Bertz CT molecular complexity index is 464. The molecule has 5 nitrogen and oxygen atoms in total. The van der Waals surface area contributed by atoms with E-state index in [1.54, 1.807) is 31.2 Å². The summed E-state index contributed by atoms with van der Waals surface area (Å²) in [6.45, 7) is 7.37. The SMILES string of the molecule is C[C@H](N)C(=O)Nc1ccc(C(=O)NC(C)(C)C)cc1.Cl. The molecule has 1 aromatic carbocycles. The van der Waals surface area contributed by atoms with Crippen LogP contribution in [0.25, 0.3) is 0 Å². The van der Waals surface area contributed by atoms with Crippen molar-refractivity contribution in [3.63, 3.8) is 0 Å². The molecule has 0 heterocycles. The molecular formula is C14H22ClN3O2. The van der Waals surface area contributed by atoms with Crippen LogP contribution in [0.3, 0.4) is 0 Å². The molecule has 0 fully saturated rings. The van der Waals surface area contributed by atoms with Crippen molar-refractivity contribution in [1.29, 1.82) is 0 Å². The Kier molecular flexibility index (Phi) is 6.68. The molecule has 4 N–H and O–H groups in total. The summed E-state index contributed by atoms with van der Waals surface area (Å²) in [5.41, 5.74) is 6.35. The van der Waals surface area contributed by atoms with E-state index in [-0.39, 0.29) is 29.8 Å². The van der Waals surface area contributed by atoms with Gasteiger partial charge in [-0.05, 0) is 52.0 Å². The van der Waals surface area contributed by atoms with Gasteiger partial charge in [0.2, 0.25) is 5.91 Å². The molecule has 0 unspecified atom stereocenters. The van der Waals surface area contributed by atoms with E-state index in [4.69, 9.17) is 5.73 Å². The maximum atomic E-state index is 11.9. The minimum Gasteiger partial charge on any atom is -0.347 e. The lowest BCUT2D eigenvalue weighted by Gasteiger charge is -2.20. The van der Waals surface area contributed by atoms with E-state index >= 15 is 0 Å². The summed E-state index contributed by atoms with van der Waals surface area (Å²) >= 11 is 0. The normalized spacial score (nSPS) is 12.1. The molecule has 0 aliphatic rings. The van der Waals surface area contributed by atoms with E-state index in [0.717, 1.165) is 0 Å². The van der Waals surface area contributed by atoms with Crippen LogP contribution in [-0.2, 0) is 4.79 Å². The summed E-state index contributed by atoms with van der Waals surface area (Å²) in [6, 6.07) is 6.12. The molecular weight excluding hydrogens is 278 g/mol. The summed E-state index contributed by atoms with van der Waals surface area (Å²) in [5.74, 6) is -0.399. The number of carbonyl (C=O) groups is 2. The molecule has 0 saturated heterocycles. The van der Waals surface area contributed by atoms with Gasteiger partial charge in [-0.3, -0.25) is 9.59 Å². The van der Waals surface area contributed by atoms with Crippen molar-refractivity contribution in [1.82, 2.24) is 5.32 Å². The second kappa shape index (κ2) is 7.26. The maximum Gasteiger partial charge on any atom is 0.251 e. The van der Waals surface area contributed by atoms with E-state index in [0.29, 0.717) is 11.3 Å². The maximum absolute atomic E-state index is 11.9. The van der Waals surface area contributed by atoms with Crippen molar-refractivity contribution >= 4 is 29.9 Å². The van der Waals surface area contributed by atoms with E-state index < -0.39 is 6.04 Å². The van der Waals surface area contributed by atoms with Crippen molar-refractivity contribution < 1.29 is 9.59 Å². The number of rotatable bonds is 3. The van der Waals surface area contributed by atoms with Crippen molar-refractivity contribution in [2.75, 3.05) is 5.32 Å². The van der Waals surface area contributed by atoms with Crippen molar-refractivity contribution in [3.05, 3.63) is 29.8 Å². The second-order valence-electron chi connectivity index (χ2n) is 5.56. The molecule has 2 amide bonds. The van der Waals surface area contributed by atoms with Crippen LogP contribution >= 0.6 is 12.4 Å². The number of amides is 2. The molecule has 1 rings (SSSR count). The highest BCUT2D eigenvalue weighted by atomic mass is 35.5. The Balaban J connectivity index is 0.00000361. The Morgan fingerprint density at radius 3 is 2.05 bits per heavy atom. The fraction of sp³-hybridized carbons (Fsp3) is 0.429. The zero-order valence-electron chi connectivity index (χ0n) is 12.2. The van der Waals surface area contributed by atoms with Gasteiger partial charge in [0.1, 0.15) is 0 Å². The van der Waals surface area contributed by atoms with E-state index in [9.17, 15) is 9.59 Å². The number of hydrogen-bond donors (Lipinski definition) is 3. The van der Waals surface area contributed by atoms with E-state index in [1.165, 1.54) is 0 Å². The molecule has 0 aromatic heterocycles. The predicted octanol–water partition coefficient (Wildman–Crippen LogP) is 1.92. The average molecular weight is 300 g/mol. The topological polar surface area (TPSA) is 84.2 Å². The third kappa shape index (κ3) is 6.04. The van der Waals surface area contributed by atoms with Gasteiger partial charge in [0.05, 0.1) is 6.04 Å². The fourth-order valence-corrected chi connectivity index (χ4v) is 1.37. The lowest BCUT2D eigenvalue weighted by Crippen LogP contribution is -2.40. The van der Waals surface area contributed by atoms with Gasteiger partial charge < -0.3 is 16.4 Å². The number of nitrogens with one attached hydrogen (secondary N) is 2. The van der Waals surface area contributed by atoms with Crippen molar-refractivity contribution in [2.24, 2.45) is 5.73 Å². The van der Waals surface area contributed by atoms with Gasteiger partial charge in [0.15, 0.2) is 0 Å². The monoisotopic (exact) mass is 299 g/mol. The molecule has 6 heteroatoms. The van der Waals surface area contributed by atoms with Crippen molar-refractivity contribution in [2.45, 2.75) is 39.3 Å². The van der Waals surface area contributed by atoms with Crippen LogP contribution < -0.4 is 16.4 Å². The van der Waals surface area contributed by atoms with Crippen LogP contribution in [0.1, 0.15) is 38.1 Å². The summed E-state index contributed by atoms with van der Waals surface area (Å²) in [7, 11) is 0. The first-order chi connectivity index (χ1) is 8.69. The number of carbonyl (C=O) groups excluding carboxylic acids is 2. The van der Waals surface area contributed by atoms with Crippen LogP contribution in [0, 0.1) is 0 Å². The number of anilines is 1. The summed E-state index contributed by atoms with van der Waals surface area (Å²) < 4.78 is 0. The molecule has 1 atom stereocenters. The standard InChI is InChI=1S/C14H21N3O2.ClH/c1-9(15)12(18)16-11-7-5-10(6-8-11)13(19)17-14(2,3)4;/h5-9H,15H2,1-4H3,(H,16,18)(H,17,19);1H/t9-;/m0./s1. The molecule has 0 radical (unpaired) electrons. The second-order valence-corrected chi connectivity index (χ2v) is 5.56. The zero-order chi connectivity index (χ0) is 14.6. The third-order valence-electron chi connectivity index (χ3n) is 2.32. The molecule has 112 valence electrons. The van der Waals surface area contributed by atoms with Gasteiger partial charge >= 0.3 is 0 Å². The van der Waals surface area contributed by atoms with Crippen LogP contribution in [0.5, 0.6) is 0 Å². The zero-order valence-corrected chi connectivity index (χ0v) is 13.0. The Labute approximate surface area is 125 Å². The Hall–Kier alpha value is -1.59. The first-order valence-electron chi connectivity index (χ1n) is 6.18. The first-order valence-corrected chi connectivity index (χ1v) is 6.18. The highest BCUT2D eigenvalue weighted by Crippen LogP contribution is 2.11. The fourth-order valence-electron chi connectivity index (χ4n) is 1.37. The number of hydrogen-bond acceptors (Lipinski definition) is 3. The number of nitrogens with two attached hydrogens (primary N) is 1.